The number of pyridine rings is 1. The molecule has 4 heteroatoms. The van der Waals surface area contributed by atoms with E-state index in [4.69, 9.17) is 16.7 Å². The molecule has 2 rings (SSSR count). The van der Waals surface area contributed by atoms with Gasteiger partial charge in [-0.3, -0.25) is 0 Å². The molecule has 2 aromatic rings. The monoisotopic (exact) mass is 221 g/mol. The van der Waals surface area contributed by atoms with Gasteiger partial charge in [-0.25, -0.2) is 9.78 Å². The molecule has 0 aliphatic rings. The molecule has 3 nitrogen and oxygen atoms in total. The van der Waals surface area contributed by atoms with Crippen molar-refractivity contribution in [2.45, 2.75) is 6.92 Å². The lowest BCUT2D eigenvalue weighted by atomic mass is 10.1. The van der Waals surface area contributed by atoms with Crippen LogP contribution in [0.15, 0.2) is 24.3 Å². The molecule has 1 heterocycles. The first-order valence-electron chi connectivity index (χ1n) is 4.38. The van der Waals surface area contributed by atoms with Crippen LogP contribution >= 0.6 is 11.6 Å². The van der Waals surface area contributed by atoms with Crippen molar-refractivity contribution in [3.05, 3.63) is 40.5 Å². The van der Waals surface area contributed by atoms with Crippen LogP contribution in [0.1, 0.15) is 16.1 Å². The zero-order valence-electron chi connectivity index (χ0n) is 7.99. The van der Waals surface area contributed by atoms with Crippen LogP contribution in [0.25, 0.3) is 10.9 Å². The molecule has 1 aromatic carbocycles. The summed E-state index contributed by atoms with van der Waals surface area (Å²) in [7, 11) is 0. The Labute approximate surface area is 91.3 Å². The fourth-order valence-electron chi connectivity index (χ4n) is 1.41. The lowest BCUT2D eigenvalue weighted by Gasteiger charge is -2.02. The van der Waals surface area contributed by atoms with Crippen LogP contribution in [0.5, 0.6) is 0 Å². The Bertz CT molecular complexity index is 552. The van der Waals surface area contributed by atoms with E-state index in [1.54, 1.807) is 0 Å². The number of benzene rings is 1. The van der Waals surface area contributed by atoms with Crippen molar-refractivity contribution in [2.75, 3.05) is 0 Å². The van der Waals surface area contributed by atoms with Gasteiger partial charge in [-0.1, -0.05) is 23.7 Å². The summed E-state index contributed by atoms with van der Waals surface area (Å²) < 4.78 is 0. The van der Waals surface area contributed by atoms with Crippen molar-refractivity contribution in [1.82, 2.24) is 4.98 Å². The molecule has 0 aliphatic carbocycles. The number of hydrogen-bond acceptors (Lipinski definition) is 2. The quantitative estimate of drug-likeness (QED) is 0.806. The minimum absolute atomic E-state index is 0.0295. The molecule has 0 aliphatic heterocycles. The van der Waals surface area contributed by atoms with Crippen LogP contribution in [0.4, 0.5) is 0 Å². The molecule has 15 heavy (non-hydrogen) atoms. The van der Waals surface area contributed by atoms with Gasteiger partial charge in [0.15, 0.2) is 0 Å². The summed E-state index contributed by atoms with van der Waals surface area (Å²) >= 11 is 5.96. The van der Waals surface area contributed by atoms with Crippen molar-refractivity contribution in [3.63, 3.8) is 0 Å². The zero-order chi connectivity index (χ0) is 11.0. The predicted molar refractivity (Wildman–Crippen MR) is 58.4 cm³/mol. The van der Waals surface area contributed by atoms with Crippen LogP contribution in [0.3, 0.4) is 0 Å². The van der Waals surface area contributed by atoms with Crippen molar-refractivity contribution >= 4 is 28.5 Å². The van der Waals surface area contributed by atoms with Crippen molar-refractivity contribution < 1.29 is 9.90 Å². The highest BCUT2D eigenvalue weighted by atomic mass is 35.5. The molecule has 76 valence electrons. The molecule has 0 radical (unpaired) electrons. The number of fused-ring (bicyclic) bond motifs is 1. The summed E-state index contributed by atoms with van der Waals surface area (Å²) in [6.07, 6.45) is 0. The van der Waals surface area contributed by atoms with Crippen LogP contribution in [0.2, 0.25) is 5.02 Å². The highest BCUT2D eigenvalue weighted by Crippen LogP contribution is 2.23. The lowest BCUT2D eigenvalue weighted by Crippen LogP contribution is -2.00. The maximum Gasteiger partial charge on any atom is 0.354 e. The number of hydrogen-bond donors (Lipinski definition) is 1. The Morgan fingerprint density at radius 1 is 1.40 bits per heavy atom. The smallest absolute Gasteiger partial charge is 0.354 e. The van der Waals surface area contributed by atoms with E-state index >= 15 is 0 Å². The molecule has 0 amide bonds. The van der Waals surface area contributed by atoms with Gasteiger partial charge >= 0.3 is 5.97 Å². The Morgan fingerprint density at radius 3 is 2.80 bits per heavy atom. The summed E-state index contributed by atoms with van der Waals surface area (Å²) in [5.74, 6) is -1.07. The van der Waals surface area contributed by atoms with Crippen molar-refractivity contribution in [2.24, 2.45) is 0 Å². The number of nitrogens with zero attached hydrogens (tertiary/aromatic N) is 1. The second-order valence-corrected chi connectivity index (χ2v) is 3.72. The third-order valence-corrected chi connectivity index (χ3v) is 2.45. The maximum absolute atomic E-state index is 10.8. The molecule has 0 saturated heterocycles. The van der Waals surface area contributed by atoms with E-state index in [1.165, 1.54) is 6.07 Å². The summed E-state index contributed by atoms with van der Waals surface area (Å²) in [4.78, 5) is 14.8. The molecule has 0 saturated carbocycles. The number of rotatable bonds is 1. The third kappa shape index (κ3) is 1.78. The topological polar surface area (TPSA) is 50.2 Å². The second-order valence-electron chi connectivity index (χ2n) is 3.32. The SMILES string of the molecule is Cc1ccc2c(Cl)cc(C(=O)O)nc2c1. The number of aromatic carboxylic acids is 1. The van der Waals surface area contributed by atoms with E-state index in [-0.39, 0.29) is 5.69 Å². The van der Waals surface area contributed by atoms with E-state index in [2.05, 4.69) is 4.98 Å². The summed E-state index contributed by atoms with van der Waals surface area (Å²) in [6.45, 7) is 1.92. The molecule has 0 atom stereocenters. The fraction of sp³-hybridized carbons (Fsp3) is 0.0909. The Kier molecular flexibility index (Phi) is 2.32. The van der Waals surface area contributed by atoms with Crippen LogP contribution in [0, 0.1) is 6.92 Å². The zero-order valence-corrected chi connectivity index (χ0v) is 8.75. The van der Waals surface area contributed by atoms with Gasteiger partial charge in [-0.05, 0) is 24.6 Å². The highest BCUT2D eigenvalue weighted by Gasteiger charge is 2.09. The summed E-state index contributed by atoms with van der Waals surface area (Å²) in [5.41, 5.74) is 1.60. The lowest BCUT2D eigenvalue weighted by molar-refractivity contribution is 0.0691. The standard InChI is InChI=1S/C11H8ClNO2/c1-6-2-3-7-8(12)5-10(11(14)15)13-9(7)4-6/h2-5H,1H3,(H,14,15). The Morgan fingerprint density at radius 2 is 2.13 bits per heavy atom. The van der Waals surface area contributed by atoms with Crippen molar-refractivity contribution in [3.8, 4) is 0 Å². The number of halogens is 1. The van der Waals surface area contributed by atoms with E-state index in [0.717, 1.165) is 10.9 Å². The van der Waals surface area contributed by atoms with Gasteiger partial charge in [0.25, 0.3) is 0 Å². The van der Waals surface area contributed by atoms with Gasteiger partial charge in [0, 0.05) is 5.39 Å². The minimum Gasteiger partial charge on any atom is -0.477 e. The molecule has 1 aromatic heterocycles. The van der Waals surface area contributed by atoms with Crippen LogP contribution < -0.4 is 0 Å². The number of carboxylic acids is 1. The number of carboxylic acid groups (broad SMARTS) is 1. The minimum atomic E-state index is -1.07. The van der Waals surface area contributed by atoms with Gasteiger partial charge < -0.3 is 5.11 Å². The largest absolute Gasteiger partial charge is 0.477 e. The predicted octanol–water partition coefficient (Wildman–Crippen LogP) is 2.89. The first-order valence-corrected chi connectivity index (χ1v) is 4.76. The van der Waals surface area contributed by atoms with Crippen LogP contribution in [-0.2, 0) is 0 Å². The van der Waals surface area contributed by atoms with Crippen molar-refractivity contribution in [1.29, 1.82) is 0 Å². The molecule has 1 N–H and O–H groups in total. The van der Waals surface area contributed by atoms with E-state index < -0.39 is 5.97 Å². The Hall–Kier alpha value is -1.61. The van der Waals surface area contributed by atoms with E-state index in [1.807, 2.05) is 25.1 Å². The molecule has 0 spiro atoms. The summed E-state index contributed by atoms with van der Waals surface area (Å²) in [5, 5.41) is 10.0. The molecule has 0 bridgehead atoms. The maximum atomic E-state index is 10.8. The average molecular weight is 222 g/mol. The Balaban J connectivity index is 2.79. The number of aryl methyl sites for hydroxylation is 1. The van der Waals surface area contributed by atoms with E-state index in [9.17, 15) is 4.79 Å². The van der Waals surface area contributed by atoms with Gasteiger partial charge in [-0.2, -0.15) is 0 Å². The highest BCUT2D eigenvalue weighted by molar-refractivity contribution is 6.35. The number of aromatic nitrogens is 1. The van der Waals surface area contributed by atoms with Gasteiger partial charge in [0.05, 0.1) is 10.5 Å². The van der Waals surface area contributed by atoms with Gasteiger partial charge in [-0.15, -0.1) is 0 Å². The van der Waals surface area contributed by atoms with Gasteiger partial charge in [0.1, 0.15) is 5.69 Å². The summed E-state index contributed by atoms with van der Waals surface area (Å²) in [6, 6.07) is 6.93. The first-order chi connectivity index (χ1) is 7.08. The molecule has 0 fully saturated rings. The first kappa shape index (κ1) is 9.93. The van der Waals surface area contributed by atoms with Gasteiger partial charge in [0.2, 0.25) is 0 Å². The molecule has 0 unspecified atom stereocenters. The average Bonchev–Trinajstić information content (AvgIpc) is 2.16. The normalized spacial score (nSPS) is 10.5. The molecular weight excluding hydrogens is 214 g/mol. The third-order valence-electron chi connectivity index (χ3n) is 2.13. The van der Waals surface area contributed by atoms with Crippen LogP contribution in [-0.4, -0.2) is 16.1 Å². The van der Waals surface area contributed by atoms with E-state index in [0.29, 0.717) is 10.5 Å². The second kappa shape index (κ2) is 3.51. The fourth-order valence-corrected chi connectivity index (χ4v) is 1.67. The molecular formula is C11H8ClNO2. The number of carbonyl (C=O) groups is 1.